The second kappa shape index (κ2) is 8.95. The Balaban J connectivity index is 1.59. The molecule has 0 unspecified atom stereocenters. The van der Waals surface area contributed by atoms with Gasteiger partial charge < -0.3 is 19.5 Å². The van der Waals surface area contributed by atoms with E-state index in [-0.39, 0.29) is 19.1 Å². The number of aliphatic hydroxyl groups is 2. The van der Waals surface area contributed by atoms with Crippen LogP contribution in [0.15, 0.2) is 51.8 Å². The van der Waals surface area contributed by atoms with Crippen molar-refractivity contribution < 1.29 is 19.4 Å². The van der Waals surface area contributed by atoms with E-state index in [0.29, 0.717) is 24.5 Å². The lowest BCUT2D eigenvalue weighted by molar-refractivity contribution is -0.0717. The fourth-order valence-corrected chi connectivity index (χ4v) is 4.47. The van der Waals surface area contributed by atoms with E-state index < -0.39 is 11.5 Å². The molecule has 5 nitrogen and oxygen atoms in total. The molecule has 1 amide bonds. The summed E-state index contributed by atoms with van der Waals surface area (Å²) in [5.74, 6) is 1.51. The average molecular weight is 390 g/mol. The zero-order valence-electron chi connectivity index (χ0n) is 15.6. The summed E-state index contributed by atoms with van der Waals surface area (Å²) in [4.78, 5) is 15.5. The summed E-state index contributed by atoms with van der Waals surface area (Å²) < 4.78 is 5.74. The van der Waals surface area contributed by atoms with Crippen LogP contribution < -0.4 is 0 Å². The highest BCUT2D eigenvalue weighted by molar-refractivity contribution is 7.98. The van der Waals surface area contributed by atoms with E-state index in [1.807, 2.05) is 43.3 Å². The Morgan fingerprint density at radius 2 is 2.07 bits per heavy atom. The summed E-state index contributed by atoms with van der Waals surface area (Å²) in [7, 11) is 0. The molecule has 1 aromatic carbocycles. The van der Waals surface area contributed by atoms with E-state index in [1.165, 1.54) is 0 Å². The van der Waals surface area contributed by atoms with E-state index in [0.717, 1.165) is 23.5 Å². The first-order valence-electron chi connectivity index (χ1n) is 9.43. The maximum absolute atomic E-state index is 12.7. The van der Waals surface area contributed by atoms with Crippen molar-refractivity contribution in [2.45, 2.75) is 42.9 Å². The number of hydrogen-bond acceptors (Lipinski definition) is 5. The minimum Gasteiger partial charge on any atom is -0.455 e. The Morgan fingerprint density at radius 1 is 1.30 bits per heavy atom. The second-order valence-corrected chi connectivity index (χ2v) is 8.20. The number of hydrogen-bond donors (Lipinski definition) is 2. The van der Waals surface area contributed by atoms with E-state index >= 15 is 0 Å². The van der Waals surface area contributed by atoms with Crippen molar-refractivity contribution in [3.05, 3.63) is 54.0 Å². The highest BCUT2D eigenvalue weighted by Crippen LogP contribution is 2.36. The molecule has 0 saturated carbocycles. The van der Waals surface area contributed by atoms with Gasteiger partial charge in [0.1, 0.15) is 5.76 Å². The van der Waals surface area contributed by atoms with Gasteiger partial charge in [-0.15, -0.1) is 11.8 Å². The maximum Gasteiger partial charge on any atom is 0.289 e. The standard InChI is InChI=1S/C21H27NO4S/c1-2-10-21(15-23)11-12-22(13-19(21)24)20(25)18-9-8-16(26-18)14-27-17-6-4-3-5-7-17/h3-9,19,23-24H,2,10-15H2,1H3/t19-,21+/m0/s1. The molecule has 1 saturated heterocycles. The number of rotatable bonds is 7. The zero-order valence-corrected chi connectivity index (χ0v) is 16.5. The van der Waals surface area contributed by atoms with Gasteiger partial charge in [0.05, 0.1) is 18.5 Å². The lowest BCUT2D eigenvalue weighted by atomic mass is 9.73. The summed E-state index contributed by atoms with van der Waals surface area (Å²) in [6.45, 7) is 2.74. The third kappa shape index (κ3) is 4.57. The number of benzene rings is 1. The van der Waals surface area contributed by atoms with Crippen molar-refractivity contribution >= 4 is 17.7 Å². The van der Waals surface area contributed by atoms with Gasteiger partial charge >= 0.3 is 0 Å². The molecular weight excluding hydrogens is 362 g/mol. The fourth-order valence-electron chi connectivity index (χ4n) is 3.65. The molecule has 27 heavy (non-hydrogen) atoms. The first kappa shape index (κ1) is 20.0. The molecule has 2 atom stereocenters. The molecule has 0 spiro atoms. The molecular formula is C21H27NO4S. The van der Waals surface area contributed by atoms with Crippen molar-refractivity contribution in [1.29, 1.82) is 0 Å². The van der Waals surface area contributed by atoms with Crippen LogP contribution in [-0.4, -0.2) is 46.8 Å². The predicted molar refractivity (Wildman–Crippen MR) is 106 cm³/mol. The van der Waals surface area contributed by atoms with E-state index in [9.17, 15) is 15.0 Å². The van der Waals surface area contributed by atoms with Crippen LogP contribution in [0, 0.1) is 5.41 Å². The zero-order chi connectivity index (χ0) is 19.3. The topological polar surface area (TPSA) is 73.9 Å². The summed E-state index contributed by atoms with van der Waals surface area (Å²) in [5, 5.41) is 20.3. The number of amides is 1. The third-order valence-corrected chi connectivity index (χ3v) is 6.36. The van der Waals surface area contributed by atoms with E-state index in [1.54, 1.807) is 22.7 Å². The van der Waals surface area contributed by atoms with Gasteiger partial charge in [0.2, 0.25) is 0 Å². The lowest BCUT2D eigenvalue weighted by Crippen LogP contribution is -2.54. The van der Waals surface area contributed by atoms with Gasteiger partial charge in [0.15, 0.2) is 5.76 Å². The Labute approximate surface area is 164 Å². The number of furan rings is 1. The van der Waals surface area contributed by atoms with Gasteiger partial charge in [-0.3, -0.25) is 4.79 Å². The molecule has 2 aromatic rings. The van der Waals surface area contributed by atoms with Crippen LogP contribution in [0.1, 0.15) is 42.5 Å². The van der Waals surface area contributed by atoms with E-state index in [2.05, 4.69) is 0 Å². The Hall–Kier alpha value is -1.76. The van der Waals surface area contributed by atoms with Crippen LogP contribution in [0.3, 0.4) is 0 Å². The minimum absolute atomic E-state index is 0.0500. The summed E-state index contributed by atoms with van der Waals surface area (Å²) in [5.41, 5.74) is -0.494. The largest absolute Gasteiger partial charge is 0.455 e. The van der Waals surface area contributed by atoms with Crippen LogP contribution in [0.4, 0.5) is 0 Å². The van der Waals surface area contributed by atoms with Gasteiger partial charge in [0.25, 0.3) is 5.91 Å². The van der Waals surface area contributed by atoms with Gasteiger partial charge in [-0.25, -0.2) is 0 Å². The number of piperidine rings is 1. The molecule has 1 aliphatic rings. The number of aliphatic hydroxyl groups excluding tert-OH is 2. The van der Waals surface area contributed by atoms with Crippen molar-refractivity contribution in [2.75, 3.05) is 19.7 Å². The summed E-state index contributed by atoms with van der Waals surface area (Å²) >= 11 is 1.66. The fraction of sp³-hybridized carbons (Fsp3) is 0.476. The molecule has 1 fully saturated rings. The van der Waals surface area contributed by atoms with Crippen LogP contribution in [-0.2, 0) is 5.75 Å². The van der Waals surface area contributed by atoms with Gasteiger partial charge in [-0.2, -0.15) is 0 Å². The molecule has 0 radical (unpaired) electrons. The van der Waals surface area contributed by atoms with Crippen LogP contribution in [0.25, 0.3) is 0 Å². The SMILES string of the molecule is CCC[C@]1(CO)CCN(C(=O)c2ccc(CSc3ccccc3)o2)C[C@@H]1O. The number of likely N-dealkylation sites (tertiary alicyclic amines) is 1. The van der Waals surface area contributed by atoms with Gasteiger partial charge in [-0.1, -0.05) is 31.5 Å². The molecule has 1 aromatic heterocycles. The first-order chi connectivity index (χ1) is 13.1. The number of carbonyl (C=O) groups excluding carboxylic acids is 1. The molecule has 146 valence electrons. The molecule has 0 aliphatic carbocycles. The van der Waals surface area contributed by atoms with Crippen LogP contribution >= 0.6 is 11.8 Å². The average Bonchev–Trinajstić information content (AvgIpc) is 3.17. The Kier molecular flexibility index (Phi) is 6.63. The minimum atomic E-state index is -0.719. The number of nitrogens with zero attached hydrogens (tertiary/aromatic N) is 1. The summed E-state index contributed by atoms with van der Waals surface area (Å²) in [6.07, 6.45) is 1.53. The molecule has 0 bridgehead atoms. The highest BCUT2D eigenvalue weighted by atomic mass is 32.2. The van der Waals surface area contributed by atoms with Crippen molar-refractivity contribution in [1.82, 2.24) is 4.90 Å². The number of thioether (sulfide) groups is 1. The van der Waals surface area contributed by atoms with E-state index in [4.69, 9.17) is 4.42 Å². The Bertz CT molecular complexity index is 748. The smallest absolute Gasteiger partial charge is 0.289 e. The Morgan fingerprint density at radius 3 is 2.74 bits per heavy atom. The van der Waals surface area contributed by atoms with Crippen molar-refractivity contribution in [3.8, 4) is 0 Å². The highest BCUT2D eigenvalue weighted by Gasteiger charge is 2.42. The molecule has 1 aliphatic heterocycles. The second-order valence-electron chi connectivity index (χ2n) is 7.16. The molecule has 2 heterocycles. The number of carbonyl (C=O) groups is 1. The van der Waals surface area contributed by atoms with Crippen molar-refractivity contribution in [2.24, 2.45) is 5.41 Å². The molecule has 3 rings (SSSR count). The first-order valence-corrected chi connectivity index (χ1v) is 10.4. The summed E-state index contributed by atoms with van der Waals surface area (Å²) in [6, 6.07) is 13.6. The predicted octanol–water partition coefficient (Wildman–Crippen LogP) is 3.56. The number of β-amino-alcohol motifs (C(OH)–C–C–N with tert-alkyl or cyclic N) is 1. The monoisotopic (exact) mass is 389 g/mol. The van der Waals surface area contributed by atoms with Crippen molar-refractivity contribution in [3.63, 3.8) is 0 Å². The van der Waals surface area contributed by atoms with Gasteiger partial charge in [0, 0.05) is 23.4 Å². The van der Waals surface area contributed by atoms with Gasteiger partial charge in [-0.05, 0) is 37.1 Å². The van der Waals surface area contributed by atoms with Crippen LogP contribution in [0.5, 0.6) is 0 Å². The molecule has 6 heteroatoms. The quantitative estimate of drug-likeness (QED) is 0.709. The third-order valence-electron chi connectivity index (χ3n) is 5.33. The normalized spacial score (nSPS) is 22.8. The van der Waals surface area contributed by atoms with Crippen LogP contribution in [0.2, 0.25) is 0 Å². The molecule has 2 N–H and O–H groups in total. The maximum atomic E-state index is 12.7. The lowest BCUT2D eigenvalue weighted by Gasteiger charge is -2.44.